The Morgan fingerprint density at radius 1 is 1.00 bits per heavy atom. The number of amides is 1. The van der Waals surface area contributed by atoms with Crippen LogP contribution in [0.3, 0.4) is 0 Å². The van der Waals surface area contributed by atoms with E-state index in [0.717, 1.165) is 36.0 Å². The molecule has 0 unspecified atom stereocenters. The Kier molecular flexibility index (Phi) is 5.03. The average molecular weight is 398 g/mol. The van der Waals surface area contributed by atoms with Crippen LogP contribution in [0.5, 0.6) is 0 Å². The Morgan fingerprint density at radius 2 is 1.71 bits per heavy atom. The third-order valence-electron chi connectivity index (χ3n) is 5.36. The Balaban J connectivity index is 1.69. The van der Waals surface area contributed by atoms with Crippen LogP contribution in [0.2, 0.25) is 0 Å². The van der Waals surface area contributed by atoms with E-state index in [1.54, 1.807) is 0 Å². The van der Waals surface area contributed by atoms with Crippen LogP contribution in [0.4, 0.5) is 0 Å². The molecule has 0 heterocycles. The third-order valence-corrected chi connectivity index (χ3v) is 6.08. The van der Waals surface area contributed by atoms with Gasteiger partial charge in [0.25, 0.3) is 10.1 Å². The summed E-state index contributed by atoms with van der Waals surface area (Å²) in [6, 6.07) is 12.5. The van der Waals surface area contributed by atoms with Gasteiger partial charge in [0.15, 0.2) is 0 Å². The van der Waals surface area contributed by atoms with E-state index < -0.39 is 21.8 Å². The second kappa shape index (κ2) is 7.48. The van der Waals surface area contributed by atoms with Gasteiger partial charge in [-0.05, 0) is 60.4 Å². The number of carbonyl (C=O) groups excluding carboxylic acids is 1. The van der Waals surface area contributed by atoms with E-state index in [4.69, 9.17) is 4.55 Å². The molecule has 2 N–H and O–H groups in total. The first-order valence-electron chi connectivity index (χ1n) is 9.46. The third kappa shape index (κ3) is 4.00. The monoisotopic (exact) mass is 398 g/mol. The minimum absolute atomic E-state index is 0.339. The number of hydrazone groups is 1. The lowest BCUT2D eigenvalue weighted by Gasteiger charge is -2.25. The number of benzene rings is 2. The van der Waals surface area contributed by atoms with Gasteiger partial charge in [-0.2, -0.15) is 13.5 Å². The van der Waals surface area contributed by atoms with Gasteiger partial charge < -0.3 is 0 Å². The highest BCUT2D eigenvalue weighted by Gasteiger charge is 2.24. The highest BCUT2D eigenvalue weighted by Crippen LogP contribution is 2.32. The topological polar surface area (TPSA) is 95.8 Å². The number of rotatable bonds is 4. The maximum Gasteiger partial charge on any atom is 0.265 e. The fourth-order valence-electron chi connectivity index (χ4n) is 3.98. The Labute approximate surface area is 164 Å². The Bertz CT molecular complexity index is 1070. The SMILES string of the molecule is O=C(CCS(=O)(=O)O)N/N=C1/c2ccccc2Cc2cc3c(cc21)CCCC3. The van der Waals surface area contributed by atoms with Crippen LogP contribution in [0, 0.1) is 0 Å². The molecule has 146 valence electrons. The van der Waals surface area contributed by atoms with Crippen LogP contribution in [-0.2, 0) is 34.2 Å². The number of fused-ring (bicyclic) bond motifs is 3. The van der Waals surface area contributed by atoms with Crippen molar-refractivity contribution >= 4 is 21.7 Å². The zero-order valence-electron chi connectivity index (χ0n) is 15.4. The molecule has 2 aliphatic rings. The molecule has 0 saturated heterocycles. The highest BCUT2D eigenvalue weighted by molar-refractivity contribution is 7.85. The minimum Gasteiger partial charge on any atom is -0.286 e. The van der Waals surface area contributed by atoms with Crippen molar-refractivity contribution in [3.8, 4) is 0 Å². The van der Waals surface area contributed by atoms with Crippen LogP contribution in [-0.4, -0.2) is 30.3 Å². The lowest BCUT2D eigenvalue weighted by molar-refractivity contribution is -0.120. The maximum absolute atomic E-state index is 12.0. The van der Waals surface area contributed by atoms with Crippen LogP contribution in [0.1, 0.15) is 52.6 Å². The van der Waals surface area contributed by atoms with Crippen molar-refractivity contribution in [2.24, 2.45) is 5.10 Å². The van der Waals surface area contributed by atoms with Crippen molar-refractivity contribution < 1.29 is 17.8 Å². The molecule has 0 aromatic heterocycles. The van der Waals surface area contributed by atoms with Gasteiger partial charge in [-0.25, -0.2) is 5.43 Å². The molecule has 0 bridgehead atoms. The van der Waals surface area contributed by atoms with Crippen molar-refractivity contribution in [1.82, 2.24) is 5.43 Å². The van der Waals surface area contributed by atoms with Crippen molar-refractivity contribution in [2.75, 3.05) is 5.75 Å². The summed E-state index contributed by atoms with van der Waals surface area (Å²) in [6.07, 6.45) is 5.04. The molecule has 2 aromatic carbocycles. The highest BCUT2D eigenvalue weighted by atomic mass is 32.2. The first-order chi connectivity index (χ1) is 13.4. The van der Waals surface area contributed by atoms with Crippen molar-refractivity contribution in [1.29, 1.82) is 0 Å². The van der Waals surface area contributed by atoms with E-state index in [1.807, 2.05) is 18.2 Å². The summed E-state index contributed by atoms with van der Waals surface area (Å²) in [5.41, 5.74) is 10.3. The van der Waals surface area contributed by atoms with E-state index in [-0.39, 0.29) is 6.42 Å². The van der Waals surface area contributed by atoms with Gasteiger partial charge in [0, 0.05) is 17.5 Å². The van der Waals surface area contributed by atoms with Gasteiger partial charge in [-0.1, -0.05) is 30.3 Å². The molecular formula is C21H22N2O4S. The van der Waals surface area contributed by atoms with E-state index in [0.29, 0.717) is 5.71 Å². The molecule has 0 spiro atoms. The largest absolute Gasteiger partial charge is 0.286 e. The van der Waals surface area contributed by atoms with E-state index in [9.17, 15) is 13.2 Å². The summed E-state index contributed by atoms with van der Waals surface area (Å²) in [4.78, 5) is 12.0. The number of hydrogen-bond acceptors (Lipinski definition) is 4. The van der Waals surface area contributed by atoms with Crippen molar-refractivity contribution in [3.63, 3.8) is 0 Å². The standard InChI is InChI=1S/C21H22N2O4S/c24-20(9-10-28(25,26)27)22-23-21-18-8-4-3-7-16(18)12-17-11-14-5-1-2-6-15(14)13-19(17)21/h3-4,7-8,11,13H,1-2,5-6,9-10,12H2,(H,22,24)(H,25,26,27)/b23-21-. The average Bonchev–Trinajstić information content (AvgIpc) is 2.67. The van der Waals surface area contributed by atoms with Gasteiger partial charge in [-0.3, -0.25) is 9.35 Å². The Hall–Kier alpha value is -2.51. The van der Waals surface area contributed by atoms with Crippen LogP contribution >= 0.6 is 0 Å². The van der Waals surface area contributed by atoms with Crippen LogP contribution < -0.4 is 5.43 Å². The zero-order valence-corrected chi connectivity index (χ0v) is 16.3. The van der Waals surface area contributed by atoms with E-state index >= 15 is 0 Å². The molecule has 28 heavy (non-hydrogen) atoms. The first-order valence-corrected chi connectivity index (χ1v) is 11.1. The molecule has 0 fully saturated rings. The van der Waals surface area contributed by atoms with E-state index in [1.165, 1.54) is 29.5 Å². The van der Waals surface area contributed by atoms with Gasteiger partial charge >= 0.3 is 0 Å². The van der Waals surface area contributed by atoms with Gasteiger partial charge in [0.1, 0.15) is 0 Å². The second-order valence-corrected chi connectivity index (χ2v) is 8.92. The summed E-state index contributed by atoms with van der Waals surface area (Å²) in [5, 5.41) is 4.36. The summed E-state index contributed by atoms with van der Waals surface area (Å²) in [7, 11) is -4.18. The molecule has 2 aromatic rings. The van der Waals surface area contributed by atoms with Gasteiger partial charge in [-0.15, -0.1) is 0 Å². The zero-order chi connectivity index (χ0) is 19.7. The molecule has 0 aliphatic heterocycles. The van der Waals surface area contributed by atoms with Crippen LogP contribution in [0.25, 0.3) is 0 Å². The van der Waals surface area contributed by atoms with E-state index in [2.05, 4.69) is 28.7 Å². The normalized spacial score (nSPS) is 16.8. The minimum atomic E-state index is -4.18. The fourth-order valence-corrected chi connectivity index (χ4v) is 4.42. The predicted molar refractivity (Wildman–Crippen MR) is 107 cm³/mol. The molecule has 6 nitrogen and oxygen atoms in total. The van der Waals surface area contributed by atoms with Crippen LogP contribution in [0.15, 0.2) is 41.5 Å². The molecule has 7 heteroatoms. The van der Waals surface area contributed by atoms with Crippen molar-refractivity contribution in [3.05, 3.63) is 69.8 Å². The predicted octanol–water partition coefficient (Wildman–Crippen LogP) is 2.62. The first kappa shape index (κ1) is 18.8. The maximum atomic E-state index is 12.0. The molecule has 1 amide bonds. The van der Waals surface area contributed by atoms with Gasteiger partial charge in [0.2, 0.25) is 5.91 Å². The smallest absolute Gasteiger partial charge is 0.265 e. The number of carbonyl (C=O) groups is 1. The lowest BCUT2D eigenvalue weighted by atomic mass is 9.80. The molecule has 4 rings (SSSR count). The summed E-state index contributed by atoms with van der Waals surface area (Å²) < 4.78 is 30.5. The quantitative estimate of drug-likeness (QED) is 0.522. The fraction of sp³-hybridized carbons (Fsp3) is 0.333. The molecule has 0 radical (unpaired) electrons. The summed E-state index contributed by atoms with van der Waals surface area (Å²) in [6.45, 7) is 0. The second-order valence-electron chi connectivity index (χ2n) is 7.35. The molecule has 0 atom stereocenters. The number of aryl methyl sites for hydroxylation is 2. The Morgan fingerprint density at radius 3 is 2.46 bits per heavy atom. The lowest BCUT2D eigenvalue weighted by Crippen LogP contribution is -2.25. The number of hydrogen-bond donors (Lipinski definition) is 2. The summed E-state index contributed by atoms with van der Waals surface area (Å²) >= 11 is 0. The summed E-state index contributed by atoms with van der Waals surface area (Å²) in [5.74, 6) is -1.17. The number of nitrogens with one attached hydrogen (secondary N) is 1. The number of nitrogens with zero attached hydrogens (tertiary/aromatic N) is 1. The molecular weight excluding hydrogens is 376 g/mol. The molecule has 2 aliphatic carbocycles. The van der Waals surface area contributed by atoms with Gasteiger partial charge in [0.05, 0.1) is 11.5 Å². The molecule has 0 saturated carbocycles. The van der Waals surface area contributed by atoms with Crippen molar-refractivity contribution in [2.45, 2.75) is 38.5 Å².